The van der Waals surface area contributed by atoms with Gasteiger partial charge in [-0.15, -0.1) is 11.3 Å². The predicted octanol–water partition coefficient (Wildman–Crippen LogP) is 2.47. The average molecular weight is 259 g/mol. The van der Waals surface area contributed by atoms with Gasteiger partial charge < -0.3 is 4.90 Å². The highest BCUT2D eigenvalue weighted by atomic mass is 32.1. The van der Waals surface area contributed by atoms with E-state index < -0.39 is 0 Å². The van der Waals surface area contributed by atoms with E-state index in [1.165, 1.54) is 5.56 Å². The Hall–Kier alpha value is -1.39. The Kier molecular flexibility index (Phi) is 3.57. The summed E-state index contributed by atoms with van der Waals surface area (Å²) in [6.45, 7) is 5.47. The summed E-state index contributed by atoms with van der Waals surface area (Å²) in [5.41, 5.74) is 1.40. The lowest BCUT2D eigenvalue weighted by molar-refractivity contribution is 0.250. The van der Waals surface area contributed by atoms with Crippen molar-refractivity contribution in [2.45, 2.75) is 6.54 Å². The van der Waals surface area contributed by atoms with Crippen molar-refractivity contribution in [2.75, 3.05) is 31.1 Å². The van der Waals surface area contributed by atoms with Gasteiger partial charge in [0.1, 0.15) is 0 Å². The van der Waals surface area contributed by atoms with E-state index in [1.807, 2.05) is 11.6 Å². The summed E-state index contributed by atoms with van der Waals surface area (Å²) in [4.78, 5) is 9.27. The van der Waals surface area contributed by atoms with Crippen LogP contribution in [0.2, 0.25) is 0 Å². The normalized spacial score (nSPS) is 17.0. The van der Waals surface area contributed by atoms with Crippen molar-refractivity contribution < 1.29 is 0 Å². The fraction of sp³-hybridized carbons (Fsp3) is 0.357. The fourth-order valence-corrected chi connectivity index (χ4v) is 3.01. The van der Waals surface area contributed by atoms with Crippen molar-refractivity contribution in [3.8, 4) is 0 Å². The standard InChI is InChI=1S/C14H17N3S/c1-2-4-13(5-3-1)12-16-7-9-17(10-8-16)14-15-6-11-18-14/h1-6,11H,7-10,12H2. The predicted molar refractivity (Wildman–Crippen MR) is 76.0 cm³/mol. The Labute approximate surface area is 112 Å². The van der Waals surface area contributed by atoms with Crippen LogP contribution in [0.15, 0.2) is 41.9 Å². The van der Waals surface area contributed by atoms with Gasteiger partial charge in [-0.2, -0.15) is 0 Å². The van der Waals surface area contributed by atoms with Crippen LogP contribution in [0.5, 0.6) is 0 Å². The monoisotopic (exact) mass is 259 g/mol. The Morgan fingerprint density at radius 3 is 2.50 bits per heavy atom. The topological polar surface area (TPSA) is 19.4 Å². The van der Waals surface area contributed by atoms with Crippen LogP contribution in [0.25, 0.3) is 0 Å². The first kappa shape index (κ1) is 11.7. The first-order chi connectivity index (χ1) is 8.92. The number of anilines is 1. The van der Waals surface area contributed by atoms with Crippen molar-refractivity contribution >= 4 is 16.5 Å². The molecule has 3 rings (SSSR count). The molecule has 18 heavy (non-hydrogen) atoms. The third-order valence-corrected chi connectivity index (χ3v) is 4.14. The average Bonchev–Trinajstić information content (AvgIpc) is 2.95. The molecule has 0 atom stereocenters. The van der Waals surface area contributed by atoms with E-state index in [4.69, 9.17) is 0 Å². The largest absolute Gasteiger partial charge is 0.346 e. The van der Waals surface area contributed by atoms with Gasteiger partial charge in [0.05, 0.1) is 0 Å². The molecule has 0 bridgehead atoms. The molecule has 0 saturated carbocycles. The van der Waals surface area contributed by atoms with Crippen LogP contribution in [0.4, 0.5) is 5.13 Å². The molecule has 0 aliphatic carbocycles. The van der Waals surface area contributed by atoms with Gasteiger partial charge >= 0.3 is 0 Å². The van der Waals surface area contributed by atoms with E-state index in [9.17, 15) is 0 Å². The second-order valence-corrected chi connectivity index (χ2v) is 5.44. The van der Waals surface area contributed by atoms with Gasteiger partial charge in [-0.05, 0) is 5.56 Å². The third kappa shape index (κ3) is 2.71. The summed E-state index contributed by atoms with van der Waals surface area (Å²) in [5.74, 6) is 0. The molecule has 2 aromatic rings. The van der Waals surface area contributed by atoms with E-state index in [2.05, 4.69) is 45.1 Å². The second-order valence-electron chi connectivity index (χ2n) is 4.56. The van der Waals surface area contributed by atoms with E-state index in [1.54, 1.807) is 11.3 Å². The molecule has 1 saturated heterocycles. The molecule has 94 valence electrons. The van der Waals surface area contributed by atoms with Crippen molar-refractivity contribution in [1.29, 1.82) is 0 Å². The van der Waals surface area contributed by atoms with Gasteiger partial charge in [0, 0.05) is 44.3 Å². The maximum Gasteiger partial charge on any atom is 0.185 e. The lowest BCUT2D eigenvalue weighted by Crippen LogP contribution is -2.45. The van der Waals surface area contributed by atoms with Gasteiger partial charge in [0.15, 0.2) is 5.13 Å². The number of rotatable bonds is 3. The maximum absolute atomic E-state index is 4.37. The Morgan fingerprint density at radius 1 is 1.06 bits per heavy atom. The summed E-state index contributed by atoms with van der Waals surface area (Å²) < 4.78 is 0. The molecule has 1 aromatic heterocycles. The third-order valence-electron chi connectivity index (χ3n) is 3.31. The molecule has 1 aliphatic heterocycles. The van der Waals surface area contributed by atoms with Crippen molar-refractivity contribution in [1.82, 2.24) is 9.88 Å². The molecule has 2 heterocycles. The Bertz CT molecular complexity index is 461. The molecule has 0 radical (unpaired) electrons. The number of thiazole rings is 1. The minimum absolute atomic E-state index is 1.06. The lowest BCUT2D eigenvalue weighted by Gasteiger charge is -2.34. The first-order valence-electron chi connectivity index (χ1n) is 6.32. The van der Waals surface area contributed by atoms with Crippen LogP contribution < -0.4 is 4.90 Å². The zero-order valence-corrected chi connectivity index (χ0v) is 11.1. The van der Waals surface area contributed by atoms with E-state index in [-0.39, 0.29) is 0 Å². The van der Waals surface area contributed by atoms with Crippen LogP contribution in [0.3, 0.4) is 0 Å². The fourth-order valence-electron chi connectivity index (χ4n) is 2.31. The molecule has 1 fully saturated rings. The zero-order valence-electron chi connectivity index (χ0n) is 10.3. The van der Waals surface area contributed by atoms with E-state index in [0.29, 0.717) is 0 Å². The highest BCUT2D eigenvalue weighted by Gasteiger charge is 2.18. The number of benzene rings is 1. The Balaban J connectivity index is 1.54. The van der Waals surface area contributed by atoms with Gasteiger partial charge in [-0.3, -0.25) is 4.90 Å². The highest BCUT2D eigenvalue weighted by molar-refractivity contribution is 7.13. The summed E-state index contributed by atoms with van der Waals surface area (Å²) in [7, 11) is 0. The maximum atomic E-state index is 4.37. The van der Waals surface area contributed by atoms with Crippen LogP contribution >= 0.6 is 11.3 Å². The summed E-state index contributed by atoms with van der Waals surface area (Å²) in [5, 5.41) is 3.21. The SMILES string of the molecule is c1ccc(CN2CCN(c3nccs3)CC2)cc1. The number of hydrogen-bond donors (Lipinski definition) is 0. The molecule has 0 N–H and O–H groups in total. The molecule has 1 aliphatic rings. The van der Waals surface area contributed by atoms with Gasteiger partial charge in [0.2, 0.25) is 0 Å². The molecular formula is C14H17N3S. The minimum atomic E-state index is 1.06. The smallest absolute Gasteiger partial charge is 0.185 e. The van der Waals surface area contributed by atoms with Crippen LogP contribution in [-0.4, -0.2) is 36.1 Å². The van der Waals surface area contributed by atoms with Crippen LogP contribution in [0, 0.1) is 0 Å². The van der Waals surface area contributed by atoms with Crippen molar-refractivity contribution in [3.63, 3.8) is 0 Å². The molecule has 0 spiro atoms. The molecular weight excluding hydrogens is 242 g/mol. The zero-order chi connectivity index (χ0) is 12.2. The molecule has 0 unspecified atom stereocenters. The number of nitrogens with zero attached hydrogens (tertiary/aromatic N) is 3. The van der Waals surface area contributed by atoms with Crippen molar-refractivity contribution in [2.24, 2.45) is 0 Å². The molecule has 3 nitrogen and oxygen atoms in total. The summed E-state index contributed by atoms with van der Waals surface area (Å²) in [6.07, 6.45) is 1.89. The van der Waals surface area contributed by atoms with Gasteiger partial charge in [0.25, 0.3) is 0 Å². The first-order valence-corrected chi connectivity index (χ1v) is 7.20. The van der Waals surface area contributed by atoms with Gasteiger partial charge in [-0.1, -0.05) is 30.3 Å². The molecule has 4 heteroatoms. The summed E-state index contributed by atoms with van der Waals surface area (Å²) >= 11 is 1.73. The Morgan fingerprint density at radius 2 is 1.83 bits per heavy atom. The lowest BCUT2D eigenvalue weighted by atomic mass is 10.2. The van der Waals surface area contributed by atoms with Crippen LogP contribution in [0.1, 0.15) is 5.56 Å². The highest BCUT2D eigenvalue weighted by Crippen LogP contribution is 2.19. The van der Waals surface area contributed by atoms with Gasteiger partial charge in [-0.25, -0.2) is 4.98 Å². The molecule has 1 aromatic carbocycles. The van der Waals surface area contributed by atoms with Crippen LogP contribution in [-0.2, 0) is 6.54 Å². The summed E-state index contributed by atoms with van der Waals surface area (Å²) in [6, 6.07) is 10.7. The van der Waals surface area contributed by atoms with E-state index >= 15 is 0 Å². The number of piperazine rings is 1. The van der Waals surface area contributed by atoms with Crippen molar-refractivity contribution in [3.05, 3.63) is 47.5 Å². The second kappa shape index (κ2) is 5.50. The minimum Gasteiger partial charge on any atom is -0.346 e. The van der Waals surface area contributed by atoms with E-state index in [0.717, 1.165) is 37.9 Å². The number of aromatic nitrogens is 1. The quantitative estimate of drug-likeness (QED) is 0.844. The molecule has 0 amide bonds. The number of hydrogen-bond acceptors (Lipinski definition) is 4.